The molecule has 1 aliphatic heterocycles. The molecule has 0 aliphatic carbocycles. The Kier molecular flexibility index (Phi) is 5.60. The number of ether oxygens (including phenoxy) is 2. The van der Waals surface area contributed by atoms with Crippen molar-refractivity contribution in [1.82, 2.24) is 9.55 Å². The fourth-order valence-electron chi connectivity index (χ4n) is 3.98. The Balaban J connectivity index is 1.23. The quantitative estimate of drug-likeness (QED) is 0.468. The van der Waals surface area contributed by atoms with E-state index in [9.17, 15) is 4.79 Å². The van der Waals surface area contributed by atoms with Gasteiger partial charge in [-0.2, -0.15) is 0 Å². The van der Waals surface area contributed by atoms with Gasteiger partial charge >= 0.3 is 0 Å². The molecular weight excluding hydrogens is 402 g/mol. The van der Waals surface area contributed by atoms with Gasteiger partial charge in [-0.15, -0.1) is 0 Å². The van der Waals surface area contributed by atoms with Crippen LogP contribution < -0.4 is 10.1 Å². The van der Waals surface area contributed by atoms with Crippen LogP contribution >= 0.6 is 0 Å². The van der Waals surface area contributed by atoms with E-state index in [4.69, 9.17) is 14.5 Å². The molecule has 3 aromatic carbocycles. The van der Waals surface area contributed by atoms with E-state index in [1.165, 1.54) is 0 Å². The van der Waals surface area contributed by atoms with Crippen LogP contribution in [0.3, 0.4) is 0 Å². The highest BCUT2D eigenvalue weighted by atomic mass is 16.5. The van der Waals surface area contributed by atoms with Gasteiger partial charge in [0.25, 0.3) is 5.91 Å². The molecular formula is C26H25N3O3. The molecule has 1 fully saturated rings. The SMILES string of the molecule is Cn1c(-c2ccc(NC(=O)c3ccc(OCC4CCCO4)cc3)cc2)nc2ccccc21. The van der Waals surface area contributed by atoms with Crippen molar-refractivity contribution in [2.24, 2.45) is 7.05 Å². The van der Waals surface area contributed by atoms with E-state index in [-0.39, 0.29) is 12.0 Å². The van der Waals surface area contributed by atoms with Gasteiger partial charge in [-0.05, 0) is 73.5 Å². The molecule has 1 N–H and O–H groups in total. The van der Waals surface area contributed by atoms with Crippen LogP contribution in [0.15, 0.2) is 72.8 Å². The molecule has 1 unspecified atom stereocenters. The van der Waals surface area contributed by atoms with Gasteiger partial charge in [0.2, 0.25) is 0 Å². The van der Waals surface area contributed by atoms with E-state index in [0.717, 1.165) is 53.3 Å². The van der Waals surface area contributed by atoms with Crippen molar-refractivity contribution in [3.63, 3.8) is 0 Å². The number of nitrogens with one attached hydrogen (secondary N) is 1. The fraction of sp³-hybridized carbons (Fsp3) is 0.231. The summed E-state index contributed by atoms with van der Waals surface area (Å²) in [5, 5.41) is 2.95. The number of para-hydroxylation sites is 2. The molecule has 2 heterocycles. The second-order valence-corrected chi connectivity index (χ2v) is 7.99. The third kappa shape index (κ3) is 4.22. The molecule has 4 aromatic rings. The summed E-state index contributed by atoms with van der Waals surface area (Å²) < 4.78 is 13.4. The number of nitrogens with zero attached hydrogens (tertiary/aromatic N) is 2. The minimum Gasteiger partial charge on any atom is -0.491 e. The monoisotopic (exact) mass is 427 g/mol. The molecule has 1 atom stereocenters. The maximum Gasteiger partial charge on any atom is 0.255 e. The molecule has 162 valence electrons. The standard InChI is InChI=1S/C26H25N3O3/c1-29-24-7-3-2-6-23(24)28-25(29)18-8-12-20(13-9-18)27-26(30)19-10-14-21(15-11-19)32-17-22-5-4-16-31-22/h2-3,6-15,22H,4-5,16-17H2,1H3,(H,27,30). The van der Waals surface area contributed by atoms with E-state index < -0.39 is 0 Å². The first kappa shape index (κ1) is 20.3. The van der Waals surface area contributed by atoms with E-state index in [1.54, 1.807) is 12.1 Å². The van der Waals surface area contributed by atoms with Crippen molar-refractivity contribution >= 4 is 22.6 Å². The average Bonchev–Trinajstić information content (AvgIpc) is 3.47. The summed E-state index contributed by atoms with van der Waals surface area (Å²) in [5.41, 5.74) is 4.35. The number of carbonyl (C=O) groups is 1. The van der Waals surface area contributed by atoms with Crippen molar-refractivity contribution in [3.8, 4) is 17.1 Å². The zero-order valence-electron chi connectivity index (χ0n) is 18.0. The number of hydrogen-bond donors (Lipinski definition) is 1. The van der Waals surface area contributed by atoms with Crippen LogP contribution in [0.25, 0.3) is 22.4 Å². The first-order valence-corrected chi connectivity index (χ1v) is 10.8. The summed E-state index contributed by atoms with van der Waals surface area (Å²) in [7, 11) is 2.01. The third-order valence-electron chi connectivity index (χ3n) is 5.76. The summed E-state index contributed by atoms with van der Waals surface area (Å²) in [6.45, 7) is 1.36. The van der Waals surface area contributed by atoms with Crippen molar-refractivity contribution < 1.29 is 14.3 Å². The highest BCUT2D eigenvalue weighted by Gasteiger charge is 2.16. The number of amides is 1. The number of imidazole rings is 1. The second-order valence-electron chi connectivity index (χ2n) is 7.99. The Hall–Kier alpha value is -3.64. The van der Waals surface area contributed by atoms with Crippen LogP contribution in [-0.4, -0.2) is 34.8 Å². The normalized spacial score (nSPS) is 15.7. The lowest BCUT2D eigenvalue weighted by atomic mass is 10.1. The zero-order valence-corrected chi connectivity index (χ0v) is 18.0. The number of hydrogen-bond acceptors (Lipinski definition) is 4. The van der Waals surface area contributed by atoms with Gasteiger partial charge in [-0.1, -0.05) is 12.1 Å². The van der Waals surface area contributed by atoms with E-state index in [2.05, 4.69) is 16.0 Å². The highest BCUT2D eigenvalue weighted by Crippen LogP contribution is 2.25. The van der Waals surface area contributed by atoms with Gasteiger partial charge in [-0.25, -0.2) is 4.98 Å². The summed E-state index contributed by atoms with van der Waals surface area (Å²) in [4.78, 5) is 17.4. The maximum atomic E-state index is 12.6. The van der Waals surface area contributed by atoms with E-state index in [1.807, 2.05) is 61.6 Å². The van der Waals surface area contributed by atoms with Gasteiger partial charge in [0.15, 0.2) is 0 Å². The van der Waals surface area contributed by atoms with Gasteiger partial charge in [0, 0.05) is 30.5 Å². The Labute approximate surface area is 186 Å². The number of aromatic nitrogens is 2. The van der Waals surface area contributed by atoms with Crippen LogP contribution in [0, 0.1) is 0 Å². The second kappa shape index (κ2) is 8.85. The van der Waals surface area contributed by atoms with Crippen molar-refractivity contribution in [2.45, 2.75) is 18.9 Å². The van der Waals surface area contributed by atoms with Crippen LogP contribution in [0.5, 0.6) is 5.75 Å². The van der Waals surface area contributed by atoms with Gasteiger partial charge in [0.05, 0.1) is 17.1 Å². The van der Waals surface area contributed by atoms with Crippen LogP contribution in [-0.2, 0) is 11.8 Å². The maximum absolute atomic E-state index is 12.6. The van der Waals surface area contributed by atoms with Gasteiger partial charge in [0.1, 0.15) is 18.2 Å². The van der Waals surface area contributed by atoms with Gasteiger partial charge in [-0.3, -0.25) is 4.79 Å². The minimum atomic E-state index is -0.161. The smallest absolute Gasteiger partial charge is 0.255 e. The molecule has 6 heteroatoms. The summed E-state index contributed by atoms with van der Waals surface area (Å²) in [5.74, 6) is 1.47. The van der Waals surface area contributed by atoms with E-state index >= 15 is 0 Å². The number of aryl methyl sites for hydroxylation is 1. The molecule has 0 radical (unpaired) electrons. The first-order chi connectivity index (χ1) is 15.7. The van der Waals surface area contributed by atoms with E-state index in [0.29, 0.717) is 12.2 Å². The molecule has 6 nitrogen and oxygen atoms in total. The van der Waals surface area contributed by atoms with Crippen molar-refractivity contribution in [1.29, 1.82) is 0 Å². The lowest BCUT2D eigenvalue weighted by Crippen LogP contribution is -2.16. The van der Waals surface area contributed by atoms with Crippen LogP contribution in [0.4, 0.5) is 5.69 Å². The van der Waals surface area contributed by atoms with Crippen LogP contribution in [0.2, 0.25) is 0 Å². The first-order valence-electron chi connectivity index (χ1n) is 10.8. The molecule has 1 amide bonds. The number of fused-ring (bicyclic) bond motifs is 1. The summed E-state index contributed by atoms with van der Waals surface area (Å²) >= 11 is 0. The number of anilines is 1. The molecule has 0 spiro atoms. The molecule has 1 aliphatic rings. The molecule has 1 saturated heterocycles. The highest BCUT2D eigenvalue weighted by molar-refractivity contribution is 6.04. The van der Waals surface area contributed by atoms with Gasteiger partial charge < -0.3 is 19.4 Å². The zero-order chi connectivity index (χ0) is 21.9. The average molecular weight is 428 g/mol. The van der Waals surface area contributed by atoms with Crippen molar-refractivity contribution in [2.75, 3.05) is 18.5 Å². The molecule has 5 rings (SSSR count). The molecule has 0 bridgehead atoms. The lowest BCUT2D eigenvalue weighted by Gasteiger charge is -2.12. The topological polar surface area (TPSA) is 65.4 Å². The number of carbonyl (C=O) groups excluding carboxylic acids is 1. The summed E-state index contributed by atoms with van der Waals surface area (Å²) in [6.07, 6.45) is 2.30. The Morgan fingerprint density at radius 3 is 2.59 bits per heavy atom. The Morgan fingerprint density at radius 1 is 1.09 bits per heavy atom. The molecule has 1 aromatic heterocycles. The summed E-state index contributed by atoms with van der Waals surface area (Å²) in [6, 6.07) is 23.0. The predicted molar refractivity (Wildman–Crippen MR) is 125 cm³/mol. The van der Waals surface area contributed by atoms with Crippen molar-refractivity contribution in [3.05, 3.63) is 78.4 Å². The lowest BCUT2D eigenvalue weighted by molar-refractivity contribution is 0.0679. The largest absolute Gasteiger partial charge is 0.491 e. The molecule has 32 heavy (non-hydrogen) atoms. The fourth-order valence-corrected chi connectivity index (χ4v) is 3.98. The number of benzene rings is 3. The molecule has 0 saturated carbocycles. The Bertz CT molecular complexity index is 1220. The third-order valence-corrected chi connectivity index (χ3v) is 5.76. The predicted octanol–water partition coefficient (Wildman–Crippen LogP) is 5.05. The number of rotatable bonds is 6. The Morgan fingerprint density at radius 2 is 1.88 bits per heavy atom. The van der Waals surface area contributed by atoms with Crippen LogP contribution in [0.1, 0.15) is 23.2 Å². The minimum absolute atomic E-state index is 0.161.